The third kappa shape index (κ3) is 2.60. The Kier molecular flexibility index (Phi) is 3.34. The van der Waals surface area contributed by atoms with Crippen molar-refractivity contribution in [1.82, 2.24) is 35.0 Å². The maximum absolute atomic E-state index is 4.77. The number of rotatable bonds is 3. The molecule has 0 aliphatic carbocycles. The van der Waals surface area contributed by atoms with Gasteiger partial charge in [-0.2, -0.15) is 5.10 Å². The average Bonchev–Trinajstić information content (AvgIpc) is 3.32. The van der Waals surface area contributed by atoms with Gasteiger partial charge < -0.3 is 9.88 Å². The fraction of sp³-hybridized carbons (Fsp3) is 0.294. The van der Waals surface area contributed by atoms with Crippen molar-refractivity contribution in [3.05, 3.63) is 47.9 Å². The molecule has 1 N–H and O–H groups in total. The van der Waals surface area contributed by atoms with Crippen LogP contribution < -0.4 is 5.32 Å². The number of fused-ring (bicyclic) bond motifs is 2. The van der Waals surface area contributed by atoms with Crippen LogP contribution in [0.2, 0.25) is 0 Å². The molecule has 0 unspecified atom stereocenters. The van der Waals surface area contributed by atoms with Crippen molar-refractivity contribution in [3.8, 4) is 11.5 Å². The van der Waals surface area contributed by atoms with Gasteiger partial charge >= 0.3 is 0 Å². The van der Waals surface area contributed by atoms with E-state index in [-0.39, 0.29) is 0 Å². The monoisotopic (exact) mass is 335 g/mol. The Morgan fingerprint density at radius 3 is 3.12 bits per heavy atom. The molecule has 25 heavy (non-hydrogen) atoms. The van der Waals surface area contributed by atoms with E-state index in [0.29, 0.717) is 6.54 Å². The standard InChI is InChI=1S/C17H17N7O/c1-4-18-10-13-9-16(20-24(13)6-1)17-19-5-7-23(17)11-12-2-3-14-15(8-12)22-25-21-14/h2-3,5,7-9,18H,1,4,6,10-11H2. The Bertz CT molecular complexity index is 1010. The van der Waals surface area contributed by atoms with Gasteiger partial charge in [-0.05, 0) is 47.0 Å². The highest BCUT2D eigenvalue weighted by Crippen LogP contribution is 2.21. The van der Waals surface area contributed by atoms with Crippen LogP contribution in [0.5, 0.6) is 0 Å². The Hall–Kier alpha value is -3.00. The first kappa shape index (κ1) is 14.4. The highest BCUT2D eigenvalue weighted by Gasteiger charge is 2.15. The fourth-order valence-electron chi connectivity index (χ4n) is 3.26. The molecule has 4 heterocycles. The molecule has 0 saturated heterocycles. The maximum Gasteiger partial charge on any atom is 0.160 e. The Labute approximate surface area is 143 Å². The summed E-state index contributed by atoms with van der Waals surface area (Å²) < 4.78 is 8.95. The Balaban J connectivity index is 1.47. The highest BCUT2D eigenvalue weighted by molar-refractivity contribution is 5.73. The molecular weight excluding hydrogens is 318 g/mol. The summed E-state index contributed by atoms with van der Waals surface area (Å²) >= 11 is 0. The lowest BCUT2D eigenvalue weighted by Crippen LogP contribution is -2.11. The van der Waals surface area contributed by atoms with Crippen molar-refractivity contribution in [2.75, 3.05) is 6.54 Å². The third-order valence-corrected chi connectivity index (χ3v) is 4.51. The van der Waals surface area contributed by atoms with Crippen LogP contribution >= 0.6 is 0 Å². The van der Waals surface area contributed by atoms with Crippen molar-refractivity contribution in [3.63, 3.8) is 0 Å². The lowest BCUT2D eigenvalue weighted by molar-refractivity contribution is 0.315. The predicted octanol–water partition coefficient (Wildman–Crippen LogP) is 1.82. The van der Waals surface area contributed by atoms with Gasteiger partial charge in [0.25, 0.3) is 0 Å². The Morgan fingerprint density at radius 1 is 1.16 bits per heavy atom. The molecule has 0 atom stereocenters. The molecule has 0 spiro atoms. The number of aromatic nitrogens is 6. The summed E-state index contributed by atoms with van der Waals surface area (Å²) in [6.45, 7) is 3.52. The molecule has 4 aromatic rings. The summed E-state index contributed by atoms with van der Waals surface area (Å²) in [7, 11) is 0. The van der Waals surface area contributed by atoms with E-state index in [9.17, 15) is 0 Å². The average molecular weight is 335 g/mol. The van der Waals surface area contributed by atoms with E-state index < -0.39 is 0 Å². The molecular formula is C17H17N7O. The van der Waals surface area contributed by atoms with Gasteiger partial charge in [0.05, 0.1) is 5.69 Å². The number of nitrogens with one attached hydrogen (secondary N) is 1. The van der Waals surface area contributed by atoms with E-state index in [1.54, 1.807) is 0 Å². The van der Waals surface area contributed by atoms with E-state index in [1.807, 2.05) is 30.6 Å². The molecule has 0 saturated carbocycles. The summed E-state index contributed by atoms with van der Waals surface area (Å²) in [5, 5.41) is 15.9. The van der Waals surface area contributed by atoms with Gasteiger partial charge in [-0.1, -0.05) is 6.07 Å². The first-order valence-corrected chi connectivity index (χ1v) is 8.37. The number of hydrogen-bond donors (Lipinski definition) is 1. The summed E-state index contributed by atoms with van der Waals surface area (Å²) in [4.78, 5) is 4.52. The lowest BCUT2D eigenvalue weighted by Gasteiger charge is -2.06. The summed E-state index contributed by atoms with van der Waals surface area (Å²) in [5.41, 5.74) is 4.76. The smallest absolute Gasteiger partial charge is 0.160 e. The van der Waals surface area contributed by atoms with Crippen molar-refractivity contribution in [2.45, 2.75) is 26.1 Å². The fourth-order valence-corrected chi connectivity index (χ4v) is 3.26. The van der Waals surface area contributed by atoms with Gasteiger partial charge in [0.2, 0.25) is 0 Å². The van der Waals surface area contributed by atoms with Gasteiger partial charge in [-0.15, -0.1) is 0 Å². The lowest BCUT2D eigenvalue weighted by atomic mass is 10.2. The van der Waals surface area contributed by atoms with E-state index in [0.717, 1.165) is 54.2 Å². The van der Waals surface area contributed by atoms with Gasteiger partial charge in [-0.3, -0.25) is 4.68 Å². The van der Waals surface area contributed by atoms with Crippen molar-refractivity contribution in [2.24, 2.45) is 0 Å². The maximum atomic E-state index is 4.77. The zero-order chi connectivity index (χ0) is 16.6. The number of hydrogen-bond acceptors (Lipinski definition) is 6. The largest absolute Gasteiger partial charge is 0.325 e. The minimum Gasteiger partial charge on any atom is -0.325 e. The van der Waals surface area contributed by atoms with Gasteiger partial charge in [-0.25, -0.2) is 9.61 Å². The van der Waals surface area contributed by atoms with Gasteiger partial charge in [0, 0.05) is 32.0 Å². The zero-order valence-corrected chi connectivity index (χ0v) is 13.6. The highest BCUT2D eigenvalue weighted by atomic mass is 16.6. The molecule has 1 aliphatic heterocycles. The number of benzene rings is 1. The summed E-state index contributed by atoms with van der Waals surface area (Å²) in [6, 6.07) is 8.06. The SMILES string of the molecule is c1cn(Cc2ccc3nonc3c2)c(-c2cc3n(n2)CCCNC3)n1. The van der Waals surface area contributed by atoms with Crippen LogP contribution in [0.1, 0.15) is 17.7 Å². The minimum atomic E-state index is 0.693. The summed E-state index contributed by atoms with van der Waals surface area (Å²) in [5.74, 6) is 0.874. The Morgan fingerprint density at radius 2 is 2.12 bits per heavy atom. The van der Waals surface area contributed by atoms with Crippen molar-refractivity contribution >= 4 is 11.0 Å². The predicted molar refractivity (Wildman–Crippen MR) is 90.7 cm³/mol. The van der Waals surface area contributed by atoms with E-state index >= 15 is 0 Å². The molecule has 0 bridgehead atoms. The second kappa shape index (κ2) is 5.82. The first-order valence-electron chi connectivity index (χ1n) is 8.37. The molecule has 8 heteroatoms. The summed E-state index contributed by atoms with van der Waals surface area (Å²) in [6.07, 6.45) is 4.88. The number of imidazole rings is 1. The molecule has 1 aromatic carbocycles. The van der Waals surface area contributed by atoms with Crippen LogP contribution in [-0.4, -0.2) is 36.2 Å². The topological polar surface area (TPSA) is 86.6 Å². The second-order valence-corrected chi connectivity index (χ2v) is 6.24. The molecule has 3 aromatic heterocycles. The molecule has 0 amide bonds. The van der Waals surface area contributed by atoms with E-state index in [2.05, 4.69) is 35.9 Å². The van der Waals surface area contributed by atoms with Crippen LogP contribution in [-0.2, 0) is 19.6 Å². The van der Waals surface area contributed by atoms with Crippen LogP contribution in [0.3, 0.4) is 0 Å². The van der Waals surface area contributed by atoms with Crippen LogP contribution in [0, 0.1) is 0 Å². The molecule has 5 rings (SSSR count). The number of aryl methyl sites for hydroxylation is 1. The normalized spacial score (nSPS) is 14.6. The van der Waals surface area contributed by atoms with Crippen molar-refractivity contribution in [1.29, 1.82) is 0 Å². The second-order valence-electron chi connectivity index (χ2n) is 6.24. The third-order valence-electron chi connectivity index (χ3n) is 4.51. The van der Waals surface area contributed by atoms with Gasteiger partial charge in [0.1, 0.15) is 16.7 Å². The first-order chi connectivity index (χ1) is 12.4. The van der Waals surface area contributed by atoms with Crippen LogP contribution in [0.15, 0.2) is 41.3 Å². The molecule has 1 aliphatic rings. The quantitative estimate of drug-likeness (QED) is 0.615. The molecule has 8 nitrogen and oxygen atoms in total. The number of nitrogens with zero attached hydrogens (tertiary/aromatic N) is 6. The van der Waals surface area contributed by atoms with Crippen LogP contribution in [0.25, 0.3) is 22.6 Å². The molecule has 0 fully saturated rings. The van der Waals surface area contributed by atoms with Gasteiger partial charge in [0.15, 0.2) is 5.82 Å². The molecule has 0 radical (unpaired) electrons. The molecule has 126 valence electrons. The van der Waals surface area contributed by atoms with Crippen LogP contribution in [0.4, 0.5) is 0 Å². The van der Waals surface area contributed by atoms with Crippen molar-refractivity contribution < 1.29 is 4.63 Å². The zero-order valence-electron chi connectivity index (χ0n) is 13.6. The van der Waals surface area contributed by atoms with E-state index in [4.69, 9.17) is 9.73 Å². The van der Waals surface area contributed by atoms with E-state index in [1.165, 1.54) is 5.69 Å². The minimum absolute atomic E-state index is 0.693.